The molecule has 4 rings (SSSR count). The van der Waals surface area contributed by atoms with Gasteiger partial charge in [0, 0.05) is 11.9 Å². The molecule has 2 fully saturated rings. The Balaban J connectivity index is 1.74. The molecule has 0 bridgehead atoms. The Labute approximate surface area is 160 Å². The molecule has 1 aliphatic carbocycles. The summed E-state index contributed by atoms with van der Waals surface area (Å²) in [5.41, 5.74) is 0.998. The van der Waals surface area contributed by atoms with Crippen molar-refractivity contribution in [3.63, 3.8) is 0 Å². The molecule has 1 aliphatic heterocycles. The average molecular weight is 382 g/mol. The van der Waals surface area contributed by atoms with E-state index in [0.717, 1.165) is 28.8 Å². The van der Waals surface area contributed by atoms with E-state index in [1.807, 2.05) is 24.4 Å². The Bertz CT molecular complexity index is 990. The number of thiophene rings is 1. The second kappa shape index (κ2) is 6.17. The monoisotopic (exact) mass is 382 g/mol. The highest BCUT2D eigenvalue weighted by atomic mass is 32.1. The van der Waals surface area contributed by atoms with Crippen LogP contribution in [0.3, 0.4) is 0 Å². The molecule has 138 valence electrons. The van der Waals surface area contributed by atoms with Crippen LogP contribution in [0.15, 0.2) is 29.6 Å². The first-order chi connectivity index (χ1) is 12.8. The second-order valence-corrected chi connectivity index (χ2v) is 8.31. The number of guanidine groups is 1. The number of nitriles is 1. The Morgan fingerprint density at radius 1 is 1.37 bits per heavy atom. The normalized spacial score (nSPS) is 25.3. The van der Waals surface area contributed by atoms with Gasteiger partial charge in [0.2, 0.25) is 5.91 Å². The maximum Gasteiger partial charge on any atom is 0.235 e. The Morgan fingerprint density at radius 2 is 2.11 bits per heavy atom. The number of carbonyl (C=O) groups is 1. The van der Waals surface area contributed by atoms with Crippen LogP contribution in [0.5, 0.6) is 0 Å². The van der Waals surface area contributed by atoms with Gasteiger partial charge in [-0.1, -0.05) is 6.07 Å². The highest BCUT2D eigenvalue weighted by Crippen LogP contribution is 2.49. The summed E-state index contributed by atoms with van der Waals surface area (Å²) in [6.07, 6.45) is 2.05. The quantitative estimate of drug-likeness (QED) is 0.850. The van der Waals surface area contributed by atoms with E-state index in [9.17, 15) is 9.18 Å². The molecule has 2 aromatic rings. The number of amides is 1. The van der Waals surface area contributed by atoms with Crippen molar-refractivity contribution in [3.8, 4) is 17.2 Å². The van der Waals surface area contributed by atoms with Gasteiger partial charge in [0.15, 0.2) is 5.96 Å². The Kier molecular flexibility index (Phi) is 4.04. The number of nitrogens with zero attached hydrogens (tertiary/aromatic N) is 2. The van der Waals surface area contributed by atoms with Gasteiger partial charge in [-0.3, -0.25) is 15.1 Å². The zero-order chi connectivity index (χ0) is 19.3. The number of benzene rings is 1. The second-order valence-electron chi connectivity index (χ2n) is 7.39. The molecule has 2 atom stereocenters. The molecule has 1 saturated carbocycles. The summed E-state index contributed by atoms with van der Waals surface area (Å²) >= 11 is 1.52. The van der Waals surface area contributed by atoms with Gasteiger partial charge in [-0.25, -0.2) is 4.39 Å². The molecule has 5 nitrogen and oxygen atoms in total. The van der Waals surface area contributed by atoms with E-state index in [1.165, 1.54) is 28.4 Å². The average Bonchev–Trinajstić information content (AvgIpc) is 3.33. The minimum Gasteiger partial charge on any atom is -0.345 e. The number of halogens is 1. The van der Waals surface area contributed by atoms with Crippen molar-refractivity contribution < 1.29 is 9.18 Å². The fourth-order valence-electron chi connectivity index (χ4n) is 3.84. The van der Waals surface area contributed by atoms with Crippen LogP contribution in [-0.2, 0) is 10.3 Å². The third-order valence-corrected chi connectivity index (χ3v) is 6.72. The molecule has 7 heteroatoms. The maximum atomic E-state index is 13.6. The SMILES string of the molecule is CN1C(=N)N[C@](C)(c2cc(-c3ccc(F)c(C#N)c3)cs2)[C@H](C2CC2)C1=O. The van der Waals surface area contributed by atoms with E-state index in [2.05, 4.69) is 5.32 Å². The van der Waals surface area contributed by atoms with E-state index in [1.54, 1.807) is 13.1 Å². The molecule has 2 N–H and O–H groups in total. The van der Waals surface area contributed by atoms with Gasteiger partial charge in [0.25, 0.3) is 0 Å². The molecule has 0 unspecified atom stereocenters. The van der Waals surface area contributed by atoms with Gasteiger partial charge in [-0.15, -0.1) is 11.3 Å². The van der Waals surface area contributed by atoms with E-state index in [0.29, 0.717) is 5.92 Å². The fraction of sp³-hybridized carbons (Fsp3) is 0.350. The van der Waals surface area contributed by atoms with Gasteiger partial charge < -0.3 is 5.32 Å². The highest BCUT2D eigenvalue weighted by molar-refractivity contribution is 7.10. The van der Waals surface area contributed by atoms with Crippen LogP contribution in [0, 0.1) is 34.4 Å². The van der Waals surface area contributed by atoms with Crippen LogP contribution in [0.2, 0.25) is 0 Å². The van der Waals surface area contributed by atoms with Gasteiger partial charge in [-0.05, 0) is 60.4 Å². The molecule has 0 spiro atoms. The lowest BCUT2D eigenvalue weighted by atomic mass is 9.78. The minimum absolute atomic E-state index is 0.0108. The van der Waals surface area contributed by atoms with Crippen molar-refractivity contribution in [2.75, 3.05) is 7.05 Å². The van der Waals surface area contributed by atoms with Crippen molar-refractivity contribution in [3.05, 3.63) is 45.9 Å². The van der Waals surface area contributed by atoms with Gasteiger partial charge >= 0.3 is 0 Å². The van der Waals surface area contributed by atoms with E-state index in [4.69, 9.17) is 10.7 Å². The molecule has 2 heterocycles. The third-order valence-electron chi connectivity index (χ3n) is 5.56. The summed E-state index contributed by atoms with van der Waals surface area (Å²) in [7, 11) is 1.63. The standard InChI is InChI=1S/C20H19FN4OS/c1-20(17(11-3-4-11)18(26)25(2)19(23)24-20)16-8-14(10-27-16)12-5-6-15(21)13(7-12)9-22/h5-8,10-11,17H,3-4H2,1-2H3,(H2,23,24)/t17-,20-/m1/s1. The van der Waals surface area contributed by atoms with Crippen molar-refractivity contribution in [2.45, 2.75) is 25.3 Å². The van der Waals surface area contributed by atoms with E-state index in [-0.39, 0.29) is 23.3 Å². The lowest BCUT2D eigenvalue weighted by molar-refractivity contribution is -0.136. The predicted octanol–water partition coefficient (Wildman–Crippen LogP) is 3.66. The van der Waals surface area contributed by atoms with Crippen molar-refractivity contribution in [1.82, 2.24) is 10.2 Å². The smallest absolute Gasteiger partial charge is 0.235 e. The van der Waals surface area contributed by atoms with Crippen LogP contribution in [0.25, 0.3) is 11.1 Å². The van der Waals surface area contributed by atoms with Gasteiger partial charge in [0.1, 0.15) is 11.9 Å². The molecular formula is C20H19FN4OS. The summed E-state index contributed by atoms with van der Waals surface area (Å²) in [5, 5.41) is 22.4. The first-order valence-corrected chi connectivity index (χ1v) is 9.66. The number of carbonyl (C=O) groups excluding carboxylic acids is 1. The first-order valence-electron chi connectivity index (χ1n) is 8.78. The van der Waals surface area contributed by atoms with E-state index < -0.39 is 11.4 Å². The minimum atomic E-state index is -0.650. The summed E-state index contributed by atoms with van der Waals surface area (Å²) in [6, 6.07) is 8.34. The number of hydrogen-bond acceptors (Lipinski definition) is 4. The zero-order valence-corrected chi connectivity index (χ0v) is 15.9. The van der Waals surface area contributed by atoms with Crippen molar-refractivity contribution in [2.24, 2.45) is 11.8 Å². The number of rotatable bonds is 3. The topological polar surface area (TPSA) is 80.0 Å². The molecule has 0 radical (unpaired) electrons. The lowest BCUT2D eigenvalue weighted by Crippen LogP contribution is -2.64. The van der Waals surface area contributed by atoms with Crippen LogP contribution < -0.4 is 5.32 Å². The Hall–Kier alpha value is -2.72. The lowest BCUT2D eigenvalue weighted by Gasteiger charge is -2.45. The van der Waals surface area contributed by atoms with Crippen LogP contribution in [0.1, 0.15) is 30.2 Å². The van der Waals surface area contributed by atoms with Crippen molar-refractivity contribution in [1.29, 1.82) is 10.7 Å². The van der Waals surface area contributed by atoms with Crippen LogP contribution >= 0.6 is 11.3 Å². The summed E-state index contributed by atoms with van der Waals surface area (Å²) in [4.78, 5) is 15.2. The maximum absolute atomic E-state index is 13.6. The molecule has 27 heavy (non-hydrogen) atoms. The predicted molar refractivity (Wildman–Crippen MR) is 102 cm³/mol. The molecule has 2 aliphatic rings. The highest BCUT2D eigenvalue weighted by Gasteiger charge is 2.54. The molecular weight excluding hydrogens is 363 g/mol. The molecule has 1 saturated heterocycles. The first kappa shape index (κ1) is 17.7. The van der Waals surface area contributed by atoms with Crippen LogP contribution in [-0.4, -0.2) is 23.8 Å². The molecule has 1 aromatic carbocycles. The van der Waals surface area contributed by atoms with E-state index >= 15 is 0 Å². The van der Waals surface area contributed by atoms with Gasteiger partial charge in [0.05, 0.1) is 17.0 Å². The Morgan fingerprint density at radius 3 is 2.78 bits per heavy atom. The molecule has 1 amide bonds. The fourth-order valence-corrected chi connectivity index (χ4v) is 4.92. The van der Waals surface area contributed by atoms with Gasteiger partial charge in [-0.2, -0.15) is 5.26 Å². The third kappa shape index (κ3) is 2.81. The zero-order valence-electron chi connectivity index (χ0n) is 15.0. The molecule has 1 aromatic heterocycles. The number of nitrogens with one attached hydrogen (secondary N) is 2. The van der Waals surface area contributed by atoms with Crippen molar-refractivity contribution >= 4 is 23.2 Å². The summed E-state index contributed by atoms with van der Waals surface area (Å²) in [5.74, 6) is -0.346. The van der Waals surface area contributed by atoms with Crippen LogP contribution in [0.4, 0.5) is 4.39 Å². The largest absolute Gasteiger partial charge is 0.345 e. The number of hydrogen-bond donors (Lipinski definition) is 2. The summed E-state index contributed by atoms with van der Waals surface area (Å²) < 4.78 is 13.6. The summed E-state index contributed by atoms with van der Waals surface area (Å²) in [6.45, 7) is 1.98.